The Morgan fingerprint density at radius 3 is 2.38 bits per heavy atom. The zero-order valence-corrected chi connectivity index (χ0v) is 7.01. The molecule has 0 spiro atoms. The lowest BCUT2D eigenvalue weighted by atomic mass is 9.87. The molecule has 0 aromatic heterocycles. The molecular weight excluding hydrogens is 185 g/mol. The monoisotopic (exact) mass is 198 g/mol. The molecule has 3 nitrogen and oxygen atoms in total. The topological polar surface area (TPSA) is 58.3 Å². The number of rotatable bonds is 3. The summed E-state index contributed by atoms with van der Waals surface area (Å²) >= 11 is 0. The minimum absolute atomic E-state index is 0.0343. The van der Waals surface area contributed by atoms with E-state index in [-0.39, 0.29) is 12.1 Å². The first-order valence-electron chi connectivity index (χ1n) is 4.13. The maximum Gasteiger partial charge on any atom is 0.415 e. The van der Waals surface area contributed by atoms with Crippen LogP contribution in [-0.2, 0) is 0 Å². The molecule has 0 saturated heterocycles. The number of aliphatic hydroxyl groups is 1. The van der Waals surface area contributed by atoms with Crippen LogP contribution in [0, 0.1) is 0 Å². The molecule has 0 heterocycles. The number of hydrogen-bond acceptors (Lipinski definition) is 3. The minimum atomic E-state index is -4.53. The smallest absolute Gasteiger partial charge is 0.382 e. The minimum Gasteiger partial charge on any atom is -0.382 e. The molecule has 0 amide bonds. The number of nitrogens with one attached hydrogen (secondary N) is 1. The van der Waals surface area contributed by atoms with Gasteiger partial charge in [0.1, 0.15) is 0 Å². The van der Waals surface area contributed by atoms with Crippen molar-refractivity contribution in [1.29, 1.82) is 0 Å². The number of hydrogen-bond donors (Lipinski definition) is 3. The Hall–Kier alpha value is -0.330. The predicted octanol–water partition coefficient (Wildman–Crippen LogP) is -0.0111. The molecule has 1 fully saturated rings. The number of nitrogens with two attached hydrogens (primary N) is 1. The molecule has 4 N–H and O–H groups in total. The van der Waals surface area contributed by atoms with E-state index < -0.39 is 18.8 Å². The van der Waals surface area contributed by atoms with Crippen molar-refractivity contribution in [2.75, 3.05) is 6.54 Å². The van der Waals surface area contributed by atoms with Crippen molar-refractivity contribution in [3.05, 3.63) is 0 Å². The zero-order chi connectivity index (χ0) is 10.1. The van der Waals surface area contributed by atoms with Crippen LogP contribution in [0.4, 0.5) is 13.2 Å². The molecule has 13 heavy (non-hydrogen) atoms. The quantitative estimate of drug-likeness (QED) is 0.597. The summed E-state index contributed by atoms with van der Waals surface area (Å²) in [5.41, 5.74) is 5.44. The van der Waals surface area contributed by atoms with Gasteiger partial charge in [-0.3, -0.25) is 0 Å². The predicted molar refractivity (Wildman–Crippen MR) is 41.1 cm³/mol. The van der Waals surface area contributed by atoms with E-state index in [1.54, 1.807) is 0 Å². The lowest BCUT2D eigenvalue weighted by Gasteiger charge is -2.33. The summed E-state index contributed by atoms with van der Waals surface area (Å²) in [5.74, 6) is 0. The second-order valence-electron chi connectivity index (χ2n) is 3.39. The number of alkyl halides is 3. The van der Waals surface area contributed by atoms with Gasteiger partial charge in [0.05, 0.1) is 0 Å². The Morgan fingerprint density at radius 1 is 1.46 bits per heavy atom. The lowest BCUT2D eigenvalue weighted by Crippen LogP contribution is -2.51. The van der Waals surface area contributed by atoms with E-state index in [1.165, 1.54) is 0 Å². The van der Waals surface area contributed by atoms with Gasteiger partial charge in [-0.2, -0.15) is 13.2 Å². The highest BCUT2D eigenvalue weighted by molar-refractivity contribution is 4.88. The maximum absolute atomic E-state index is 11.8. The van der Waals surface area contributed by atoms with Crippen molar-refractivity contribution >= 4 is 0 Å². The largest absolute Gasteiger partial charge is 0.415 e. The normalized spacial score (nSPS) is 31.2. The van der Waals surface area contributed by atoms with E-state index >= 15 is 0 Å². The highest BCUT2D eigenvalue weighted by Crippen LogP contribution is 2.21. The summed E-state index contributed by atoms with van der Waals surface area (Å²) in [4.78, 5) is 0. The second kappa shape index (κ2) is 3.81. The molecule has 6 heteroatoms. The van der Waals surface area contributed by atoms with Crippen LogP contribution < -0.4 is 11.1 Å². The Bertz CT molecular complexity index is 168. The number of aliphatic hydroxyl groups excluding tert-OH is 1. The van der Waals surface area contributed by atoms with Crippen molar-refractivity contribution < 1.29 is 18.3 Å². The Balaban J connectivity index is 2.12. The third kappa shape index (κ3) is 3.13. The average Bonchev–Trinajstić information content (AvgIpc) is 1.93. The van der Waals surface area contributed by atoms with E-state index in [2.05, 4.69) is 5.32 Å². The van der Waals surface area contributed by atoms with Crippen LogP contribution in [0.15, 0.2) is 0 Å². The van der Waals surface area contributed by atoms with Crippen LogP contribution in [0.25, 0.3) is 0 Å². The van der Waals surface area contributed by atoms with Gasteiger partial charge in [-0.15, -0.1) is 0 Å². The summed E-state index contributed by atoms with van der Waals surface area (Å²) in [7, 11) is 0. The molecule has 0 aromatic rings. The summed E-state index contributed by atoms with van der Waals surface area (Å²) < 4.78 is 35.4. The average molecular weight is 198 g/mol. The van der Waals surface area contributed by atoms with E-state index in [4.69, 9.17) is 10.8 Å². The fourth-order valence-corrected chi connectivity index (χ4v) is 1.22. The van der Waals surface area contributed by atoms with E-state index in [0.29, 0.717) is 12.8 Å². The first-order valence-corrected chi connectivity index (χ1v) is 4.13. The third-order valence-corrected chi connectivity index (χ3v) is 2.15. The van der Waals surface area contributed by atoms with Gasteiger partial charge >= 0.3 is 6.18 Å². The van der Waals surface area contributed by atoms with Gasteiger partial charge in [0.25, 0.3) is 0 Å². The van der Waals surface area contributed by atoms with Crippen LogP contribution in [0.3, 0.4) is 0 Å². The SMILES string of the molecule is NC1CC(NCC(O)C(F)(F)F)C1. The molecule has 0 aliphatic heterocycles. The van der Waals surface area contributed by atoms with Gasteiger partial charge in [0.2, 0.25) is 0 Å². The molecule has 78 valence electrons. The van der Waals surface area contributed by atoms with Crippen molar-refractivity contribution in [3.8, 4) is 0 Å². The van der Waals surface area contributed by atoms with E-state index in [9.17, 15) is 13.2 Å². The summed E-state index contributed by atoms with van der Waals surface area (Å²) in [6.45, 7) is -0.444. The lowest BCUT2D eigenvalue weighted by molar-refractivity contribution is -0.202. The molecule has 0 radical (unpaired) electrons. The molecule has 0 aromatic carbocycles. The van der Waals surface area contributed by atoms with Gasteiger partial charge in [0.15, 0.2) is 6.10 Å². The molecule has 1 unspecified atom stereocenters. The fourth-order valence-electron chi connectivity index (χ4n) is 1.22. The zero-order valence-electron chi connectivity index (χ0n) is 7.01. The van der Waals surface area contributed by atoms with E-state index in [1.807, 2.05) is 0 Å². The Kier molecular flexibility index (Phi) is 3.15. The fraction of sp³-hybridized carbons (Fsp3) is 1.00. The van der Waals surface area contributed by atoms with Gasteiger partial charge in [-0.1, -0.05) is 0 Å². The van der Waals surface area contributed by atoms with Gasteiger partial charge < -0.3 is 16.2 Å². The summed E-state index contributed by atoms with van der Waals surface area (Å²) in [5, 5.41) is 11.2. The number of halogens is 3. The summed E-state index contributed by atoms with van der Waals surface area (Å²) in [6.07, 6.45) is -5.43. The van der Waals surface area contributed by atoms with Crippen LogP contribution >= 0.6 is 0 Å². The molecular formula is C7H13F3N2O. The standard InChI is InChI=1S/C7H13F3N2O/c8-7(9,10)6(13)3-12-5-1-4(11)2-5/h4-6,12-13H,1-3,11H2. The van der Waals surface area contributed by atoms with Crippen LogP contribution in [0.1, 0.15) is 12.8 Å². The Morgan fingerprint density at radius 2 is 2.00 bits per heavy atom. The highest BCUT2D eigenvalue weighted by atomic mass is 19.4. The molecule has 1 aliphatic rings. The maximum atomic E-state index is 11.8. The first-order chi connectivity index (χ1) is 5.89. The van der Waals surface area contributed by atoms with Crippen LogP contribution in [0.2, 0.25) is 0 Å². The Labute approximate surface area is 74.1 Å². The van der Waals surface area contributed by atoms with Crippen molar-refractivity contribution in [3.63, 3.8) is 0 Å². The second-order valence-corrected chi connectivity index (χ2v) is 3.39. The molecule has 1 saturated carbocycles. The van der Waals surface area contributed by atoms with Gasteiger partial charge in [0, 0.05) is 18.6 Å². The van der Waals surface area contributed by atoms with Crippen molar-refractivity contribution in [1.82, 2.24) is 5.32 Å². The van der Waals surface area contributed by atoms with Crippen molar-refractivity contribution in [2.45, 2.75) is 37.2 Å². The molecule has 1 aliphatic carbocycles. The highest BCUT2D eigenvalue weighted by Gasteiger charge is 2.38. The van der Waals surface area contributed by atoms with E-state index in [0.717, 1.165) is 0 Å². The van der Waals surface area contributed by atoms with Crippen LogP contribution in [-0.4, -0.2) is 36.0 Å². The molecule has 1 atom stereocenters. The van der Waals surface area contributed by atoms with Gasteiger partial charge in [-0.25, -0.2) is 0 Å². The molecule has 1 rings (SSSR count). The molecule has 0 bridgehead atoms. The van der Waals surface area contributed by atoms with Crippen molar-refractivity contribution in [2.24, 2.45) is 5.73 Å². The first kappa shape index (κ1) is 10.7. The van der Waals surface area contributed by atoms with Gasteiger partial charge in [-0.05, 0) is 12.8 Å². The van der Waals surface area contributed by atoms with Crippen LogP contribution in [0.5, 0.6) is 0 Å². The summed E-state index contributed by atoms with van der Waals surface area (Å²) in [6, 6.07) is 0.132. The third-order valence-electron chi connectivity index (χ3n) is 2.15.